The number of carbonyl (C=O) groups is 5. The number of carbonyl (C=O) groups excluding carboxylic acids is 5. The highest BCUT2D eigenvalue weighted by Crippen LogP contribution is 2.40. The summed E-state index contributed by atoms with van der Waals surface area (Å²) in [7, 11) is 3.49. The van der Waals surface area contributed by atoms with Crippen LogP contribution in [0.5, 0.6) is 0 Å². The number of hydrogen-bond donors (Lipinski definition) is 11. The molecule has 16 rings (SSSR count). The maximum Gasteiger partial charge on any atom is 0.251 e. The van der Waals surface area contributed by atoms with Gasteiger partial charge in [0.2, 0.25) is 29.7 Å². The van der Waals surface area contributed by atoms with Crippen molar-refractivity contribution in [2.75, 3.05) is 55.5 Å². The molecule has 5 aromatic carbocycles. The van der Waals surface area contributed by atoms with Gasteiger partial charge in [0.1, 0.15) is 0 Å². The molecule has 0 radical (unpaired) electrons. The predicted molar refractivity (Wildman–Crippen MR) is 465 cm³/mol. The number of nitrogens with two attached hydrogens (primary N) is 9. The third-order valence-corrected chi connectivity index (χ3v) is 19.6. The third kappa shape index (κ3) is 20.4. The van der Waals surface area contributed by atoms with Crippen LogP contribution in [0.4, 0.5) is 29.7 Å². The van der Waals surface area contributed by atoms with Crippen LogP contribution in [0.25, 0.3) is 102 Å². The number of aromatic nitrogens is 14. The lowest BCUT2D eigenvalue weighted by Crippen LogP contribution is -2.24. The first-order valence-corrected chi connectivity index (χ1v) is 38.4. The second-order valence-corrected chi connectivity index (χ2v) is 27.3. The number of hydrogen-bond acceptors (Lipinski definition) is 23. The van der Waals surface area contributed by atoms with Gasteiger partial charge in [0.15, 0.2) is 6.29 Å². The molecular weight excluding hydrogens is 1530 g/mol. The minimum atomic E-state index is -0.547. The van der Waals surface area contributed by atoms with Crippen molar-refractivity contribution in [3.8, 4) is 90.5 Å². The quantitative estimate of drug-likeness (QED) is 0.0300. The van der Waals surface area contributed by atoms with E-state index in [4.69, 9.17) is 61.1 Å². The Balaban J connectivity index is 0.000000139. The van der Waals surface area contributed by atoms with Crippen LogP contribution >= 0.6 is 0 Å². The fourth-order valence-corrected chi connectivity index (χ4v) is 14.2. The summed E-state index contributed by atoms with van der Waals surface area (Å²) < 4.78 is 19.3. The van der Waals surface area contributed by atoms with E-state index < -0.39 is 23.6 Å². The summed E-state index contributed by atoms with van der Waals surface area (Å²) in [5.74, 6) is -1.19. The molecule has 1 fully saturated rings. The van der Waals surface area contributed by atoms with Gasteiger partial charge in [-0.05, 0) is 120 Å². The summed E-state index contributed by atoms with van der Waals surface area (Å²) in [6.45, 7) is 4.53. The number of aliphatic hydroxyl groups is 1. The number of rotatable bonds is 22. The van der Waals surface area contributed by atoms with Crippen molar-refractivity contribution in [1.82, 2.24) is 73.4 Å². The van der Waals surface area contributed by atoms with Crippen molar-refractivity contribution < 1.29 is 38.6 Å². The van der Waals surface area contributed by atoms with Crippen LogP contribution in [0.2, 0.25) is 0 Å². The van der Waals surface area contributed by atoms with Crippen molar-refractivity contribution >= 4 is 70.4 Å². The number of amides is 5. The first-order chi connectivity index (χ1) is 58.6. The van der Waals surface area contributed by atoms with E-state index in [0.717, 1.165) is 110 Å². The average molecular weight is 1620 g/mol. The number of nitrogen functional groups attached to an aromatic ring is 5. The summed E-state index contributed by atoms with van der Waals surface area (Å²) in [6, 6.07) is 62.2. The third-order valence-electron chi connectivity index (χ3n) is 19.6. The number of nitrogens with one attached hydrogen (secondary N) is 1. The van der Waals surface area contributed by atoms with Crippen LogP contribution in [0.15, 0.2) is 249 Å². The molecule has 10 heterocycles. The molecule has 614 valence electrons. The van der Waals surface area contributed by atoms with E-state index in [1.807, 2.05) is 190 Å². The zero-order valence-corrected chi connectivity index (χ0v) is 66.5. The zero-order chi connectivity index (χ0) is 85.6. The highest BCUT2D eigenvalue weighted by Gasteiger charge is 2.28. The van der Waals surface area contributed by atoms with E-state index >= 15 is 0 Å². The summed E-state index contributed by atoms with van der Waals surface area (Å²) in [5, 5.41) is 12.2. The fraction of sp³-hybridized carbons (Fsp3) is 0.157. The minimum Gasteiger partial charge on any atom is -0.395 e. The van der Waals surface area contributed by atoms with Gasteiger partial charge in [0.25, 0.3) is 29.5 Å². The van der Waals surface area contributed by atoms with Gasteiger partial charge in [0, 0.05) is 95.1 Å². The van der Waals surface area contributed by atoms with Crippen LogP contribution in [-0.2, 0) is 41.0 Å². The largest absolute Gasteiger partial charge is 0.395 e. The topological polar surface area (TPSA) is 519 Å². The van der Waals surface area contributed by atoms with Crippen molar-refractivity contribution in [3.63, 3.8) is 0 Å². The standard InChI is InChI=1S/C22H25N5O3.C17H17N5O2.C17H17N5O.C17H16N4O.C16H15N5O/c23-21(28)17-12-18(16-13-25-22(24)26-14-16)27(20(17)15-6-2-1-3-7-15)9-11-30-19-8-4-5-10-29-19;18-16(24)12-10-14(13-6-7-20-17(19)21-13)22(8-9-23)15(12)11-4-2-1-3-5-11;1-2-22-14(13-8-9-20-17(19)21-13)10-12(16(18)23)15(22)11-6-4-3-5-7-11;1-19-16(22)14-10-12(15-7-8-20-17(18)21-15)9-13(14)11-5-3-2-4-6-11;1-21-13(12-7-8-19-16(18)20-12)9-11(15(17)22)14(21)10-5-3-2-4-6-10/h1-3,6-7,12-14,19H,4-5,8-11H2,(H2,23,28)(H2,24,25,26);1-7,10,23H,8-9H2,(H2,18,24)(H2,19,20,21);3-10H,2H2,1H3,(H2,18,23)(H2,19,20,21);2-8,10H,9H2,1H3,(H,19,22)(H2,18,20,21);2-9H,1H3,(H2,17,22)(H2,18,19,20). The van der Waals surface area contributed by atoms with Crippen molar-refractivity contribution in [2.24, 2.45) is 30.0 Å². The van der Waals surface area contributed by atoms with Gasteiger partial charge in [-0.2, -0.15) is 0 Å². The van der Waals surface area contributed by atoms with Gasteiger partial charge in [0.05, 0.1) is 104 Å². The van der Waals surface area contributed by atoms with Crippen LogP contribution in [0.3, 0.4) is 0 Å². The Morgan fingerprint density at radius 2 is 0.835 bits per heavy atom. The van der Waals surface area contributed by atoms with Crippen LogP contribution in [0.1, 0.15) is 85.3 Å². The molecule has 0 bridgehead atoms. The second kappa shape index (κ2) is 39.8. The number of anilines is 5. The fourth-order valence-electron chi connectivity index (χ4n) is 14.2. The monoisotopic (exact) mass is 1620 g/mol. The molecule has 32 heteroatoms. The zero-order valence-electron chi connectivity index (χ0n) is 66.5. The Morgan fingerprint density at radius 1 is 0.455 bits per heavy atom. The van der Waals surface area contributed by atoms with Gasteiger partial charge in [-0.25, -0.2) is 49.8 Å². The van der Waals surface area contributed by atoms with Crippen molar-refractivity contribution in [1.29, 1.82) is 0 Å². The molecule has 121 heavy (non-hydrogen) atoms. The van der Waals surface area contributed by atoms with Gasteiger partial charge < -0.3 is 89.8 Å². The number of nitrogens with zero attached hydrogens (tertiary/aromatic N) is 14. The van der Waals surface area contributed by atoms with Gasteiger partial charge >= 0.3 is 0 Å². The number of allylic oxidation sites excluding steroid dienone is 2. The predicted octanol–water partition coefficient (Wildman–Crippen LogP) is 10.3. The SMILES string of the molecule is CCn1c(-c2ccnc(N)n2)cc(C(N)=O)c1-c1ccccc1.CNC(=O)C1=C(c2ccccc2)CC(c2ccnc(N)n2)=C1.Cn1c(-c2ccnc(N)n2)cc(C(N)=O)c1-c1ccccc1.NC(=O)c1cc(-c2ccnc(N)n2)n(CCO)c1-c1ccccc1.NC(=O)c1cc(-c2cnc(N)nc2)n(CCOC2CCCCO2)c1-c1ccccc1. The molecule has 14 aromatic rings. The molecule has 1 unspecified atom stereocenters. The van der Waals surface area contributed by atoms with E-state index in [9.17, 15) is 29.1 Å². The number of benzene rings is 5. The summed E-state index contributed by atoms with van der Waals surface area (Å²) in [5.41, 5.74) is 68.8. The first-order valence-electron chi connectivity index (χ1n) is 38.4. The van der Waals surface area contributed by atoms with Crippen LogP contribution in [-0.4, -0.2) is 136 Å². The van der Waals surface area contributed by atoms with Gasteiger partial charge in [-0.15, -0.1) is 0 Å². The molecule has 1 aliphatic heterocycles. The Hall–Kier alpha value is -15.7. The van der Waals surface area contributed by atoms with E-state index in [2.05, 4.69) is 55.2 Å². The van der Waals surface area contributed by atoms with E-state index in [-0.39, 0.29) is 55.1 Å². The van der Waals surface area contributed by atoms with Gasteiger partial charge in [-0.1, -0.05) is 152 Å². The van der Waals surface area contributed by atoms with E-state index in [1.165, 1.54) is 0 Å². The molecule has 9 aromatic heterocycles. The molecule has 5 amide bonds. The molecule has 1 atom stereocenters. The molecule has 0 saturated carbocycles. The lowest BCUT2D eigenvalue weighted by atomic mass is 9.99. The van der Waals surface area contributed by atoms with E-state index in [1.54, 1.807) is 92.8 Å². The lowest BCUT2D eigenvalue weighted by molar-refractivity contribution is -0.163. The molecule has 1 aliphatic carbocycles. The maximum atomic E-state index is 12.3. The average Bonchev–Trinajstić information content (AvgIpc) is 1.64. The van der Waals surface area contributed by atoms with Crippen LogP contribution in [0, 0.1) is 0 Å². The van der Waals surface area contributed by atoms with Crippen molar-refractivity contribution in [2.45, 2.75) is 58.5 Å². The number of ether oxygens (including phenoxy) is 2. The molecule has 1 saturated heterocycles. The molecule has 32 nitrogen and oxygen atoms in total. The summed E-state index contributed by atoms with van der Waals surface area (Å²) in [6.07, 6.45) is 15.0. The Morgan fingerprint density at radius 3 is 1.25 bits per heavy atom. The second-order valence-electron chi connectivity index (χ2n) is 27.3. The van der Waals surface area contributed by atoms with Gasteiger partial charge in [-0.3, -0.25) is 24.0 Å². The molecule has 20 N–H and O–H groups in total. The smallest absolute Gasteiger partial charge is 0.251 e. The first kappa shape index (κ1) is 84.7. The minimum absolute atomic E-state index is 0.0969. The molecule has 2 aliphatic rings. The highest BCUT2D eigenvalue weighted by molar-refractivity contribution is 6.10. The summed E-state index contributed by atoms with van der Waals surface area (Å²) in [4.78, 5) is 101. The Kier molecular flexibility index (Phi) is 27.9. The number of aliphatic hydroxyl groups excluding tert-OH is 1. The maximum absolute atomic E-state index is 12.3. The Labute approximate surface area is 696 Å². The summed E-state index contributed by atoms with van der Waals surface area (Å²) >= 11 is 0. The normalized spacial score (nSPS) is 12.7. The van der Waals surface area contributed by atoms with Crippen LogP contribution < -0.4 is 56.9 Å². The Bertz CT molecular complexity index is 6050. The number of primary amides is 4. The van der Waals surface area contributed by atoms with Crippen molar-refractivity contribution in [3.05, 3.63) is 283 Å². The lowest BCUT2D eigenvalue weighted by Gasteiger charge is -2.23. The number of likely N-dealkylation sites (N-methyl/N-ethyl adjacent to an activating group) is 1. The molecular formula is C89H90N24O8. The molecule has 0 spiro atoms. The highest BCUT2D eigenvalue weighted by atomic mass is 16.7. The van der Waals surface area contributed by atoms with E-state index in [0.29, 0.717) is 82.4 Å².